The summed E-state index contributed by atoms with van der Waals surface area (Å²) in [6.07, 6.45) is 5.08. The molecule has 0 saturated carbocycles. The topological polar surface area (TPSA) is 70.2 Å². The van der Waals surface area contributed by atoms with E-state index in [9.17, 15) is 8.42 Å². The fraction of sp³-hybridized carbons (Fsp3) is 1.00. The molecule has 100 valence electrons. The lowest BCUT2D eigenvalue weighted by Gasteiger charge is -2.26. The van der Waals surface area contributed by atoms with E-state index in [1.165, 1.54) is 0 Å². The van der Waals surface area contributed by atoms with Crippen LogP contribution in [0, 0.1) is 0 Å². The van der Waals surface area contributed by atoms with E-state index in [2.05, 4.69) is 15.4 Å². The molecule has 6 heteroatoms. The minimum absolute atomic E-state index is 0.129. The van der Waals surface area contributed by atoms with Gasteiger partial charge in [-0.05, 0) is 45.3 Å². The summed E-state index contributed by atoms with van der Waals surface area (Å²) in [5.41, 5.74) is 0. The molecule has 2 aliphatic heterocycles. The van der Waals surface area contributed by atoms with Crippen molar-refractivity contribution in [2.45, 2.75) is 44.2 Å². The maximum absolute atomic E-state index is 12.0. The zero-order chi connectivity index (χ0) is 12.1. The predicted octanol–water partition coefficient (Wildman–Crippen LogP) is -0.200. The van der Waals surface area contributed by atoms with Crippen LogP contribution in [0.25, 0.3) is 0 Å². The fourth-order valence-electron chi connectivity index (χ4n) is 2.57. The molecule has 0 aromatic carbocycles. The summed E-state index contributed by atoms with van der Waals surface area (Å²) in [7, 11) is -3.12. The number of hydrogen-bond acceptors (Lipinski definition) is 4. The number of rotatable bonds is 4. The van der Waals surface area contributed by atoms with Gasteiger partial charge < -0.3 is 10.6 Å². The summed E-state index contributed by atoms with van der Waals surface area (Å²) in [5.74, 6) is 0.233. The molecule has 2 saturated heterocycles. The first kappa shape index (κ1) is 13.3. The molecule has 1 atom stereocenters. The molecule has 0 aliphatic carbocycles. The molecule has 2 fully saturated rings. The SMILES string of the molecule is O=S(=O)(CC1CCCCN1)NC1CCNCC1. The summed E-state index contributed by atoms with van der Waals surface area (Å²) in [4.78, 5) is 0. The summed E-state index contributed by atoms with van der Waals surface area (Å²) in [5, 5.41) is 6.52. The average Bonchev–Trinajstić information content (AvgIpc) is 2.30. The lowest BCUT2D eigenvalue weighted by molar-refractivity contribution is 0.409. The van der Waals surface area contributed by atoms with Gasteiger partial charge in [-0.3, -0.25) is 0 Å². The van der Waals surface area contributed by atoms with Gasteiger partial charge in [-0.15, -0.1) is 0 Å². The Hall–Kier alpha value is -0.170. The maximum Gasteiger partial charge on any atom is 0.213 e. The Bertz CT molecular complexity index is 294. The minimum atomic E-state index is -3.12. The van der Waals surface area contributed by atoms with Crippen LogP contribution in [0.2, 0.25) is 0 Å². The van der Waals surface area contributed by atoms with Crippen LogP contribution in [-0.4, -0.2) is 45.9 Å². The quantitative estimate of drug-likeness (QED) is 0.655. The van der Waals surface area contributed by atoms with E-state index >= 15 is 0 Å². The molecule has 2 aliphatic rings. The van der Waals surface area contributed by atoms with Gasteiger partial charge in [0.15, 0.2) is 0 Å². The zero-order valence-corrected chi connectivity index (χ0v) is 11.1. The van der Waals surface area contributed by atoms with Crippen LogP contribution >= 0.6 is 0 Å². The van der Waals surface area contributed by atoms with Gasteiger partial charge in [0.25, 0.3) is 0 Å². The molecule has 0 bridgehead atoms. The lowest BCUT2D eigenvalue weighted by Crippen LogP contribution is -2.47. The fourth-order valence-corrected chi connectivity index (χ4v) is 4.23. The molecule has 2 rings (SSSR count). The first-order valence-electron chi connectivity index (χ1n) is 6.60. The summed E-state index contributed by atoms with van der Waals surface area (Å²) >= 11 is 0. The molecule has 1 unspecified atom stereocenters. The van der Waals surface area contributed by atoms with Gasteiger partial charge >= 0.3 is 0 Å². The smallest absolute Gasteiger partial charge is 0.213 e. The highest BCUT2D eigenvalue weighted by molar-refractivity contribution is 7.89. The molecule has 2 heterocycles. The van der Waals surface area contributed by atoms with Crippen LogP contribution in [0.15, 0.2) is 0 Å². The Balaban J connectivity index is 1.80. The molecule has 3 N–H and O–H groups in total. The predicted molar refractivity (Wildman–Crippen MR) is 68.5 cm³/mol. The third kappa shape index (κ3) is 4.54. The third-order valence-corrected chi connectivity index (χ3v) is 5.05. The van der Waals surface area contributed by atoms with Gasteiger partial charge in [0.2, 0.25) is 10.0 Å². The monoisotopic (exact) mass is 261 g/mol. The first-order chi connectivity index (χ1) is 8.16. The van der Waals surface area contributed by atoms with Gasteiger partial charge in [-0.1, -0.05) is 6.42 Å². The zero-order valence-electron chi connectivity index (χ0n) is 10.2. The highest BCUT2D eigenvalue weighted by Gasteiger charge is 2.24. The Labute approximate surface area is 104 Å². The highest BCUT2D eigenvalue weighted by Crippen LogP contribution is 2.10. The van der Waals surface area contributed by atoms with Crippen molar-refractivity contribution in [2.75, 3.05) is 25.4 Å². The van der Waals surface area contributed by atoms with Crippen molar-refractivity contribution in [1.29, 1.82) is 0 Å². The number of piperidine rings is 2. The number of nitrogens with one attached hydrogen (secondary N) is 3. The number of sulfonamides is 1. The van der Waals surface area contributed by atoms with Gasteiger partial charge in [0.1, 0.15) is 0 Å². The van der Waals surface area contributed by atoms with E-state index in [1.807, 2.05) is 0 Å². The van der Waals surface area contributed by atoms with Gasteiger partial charge in [-0.2, -0.15) is 0 Å². The Morgan fingerprint density at radius 2 is 1.82 bits per heavy atom. The second-order valence-electron chi connectivity index (χ2n) is 5.07. The van der Waals surface area contributed by atoms with E-state index in [0.717, 1.165) is 51.7 Å². The molecule has 17 heavy (non-hydrogen) atoms. The molecular weight excluding hydrogens is 238 g/mol. The van der Waals surface area contributed by atoms with Crippen LogP contribution in [0.5, 0.6) is 0 Å². The van der Waals surface area contributed by atoms with E-state index in [1.54, 1.807) is 0 Å². The van der Waals surface area contributed by atoms with Crippen molar-refractivity contribution in [3.8, 4) is 0 Å². The van der Waals surface area contributed by atoms with Crippen molar-refractivity contribution in [3.05, 3.63) is 0 Å². The molecule has 0 aromatic rings. The van der Waals surface area contributed by atoms with Crippen LogP contribution in [0.4, 0.5) is 0 Å². The van der Waals surface area contributed by atoms with Gasteiger partial charge in [0.05, 0.1) is 5.75 Å². The number of hydrogen-bond donors (Lipinski definition) is 3. The van der Waals surface area contributed by atoms with Crippen LogP contribution in [0.3, 0.4) is 0 Å². The Morgan fingerprint density at radius 3 is 2.47 bits per heavy atom. The second-order valence-corrected chi connectivity index (χ2v) is 6.87. The largest absolute Gasteiger partial charge is 0.317 e. The third-order valence-electron chi connectivity index (χ3n) is 3.52. The first-order valence-corrected chi connectivity index (χ1v) is 8.25. The van der Waals surface area contributed by atoms with Crippen molar-refractivity contribution in [2.24, 2.45) is 0 Å². The molecular formula is C11H23N3O2S. The van der Waals surface area contributed by atoms with Crippen LogP contribution < -0.4 is 15.4 Å². The highest BCUT2D eigenvalue weighted by atomic mass is 32.2. The second kappa shape index (κ2) is 6.13. The van der Waals surface area contributed by atoms with Gasteiger partial charge in [0, 0.05) is 12.1 Å². The standard InChI is InChI=1S/C11H23N3O2S/c15-17(16,9-11-3-1-2-6-13-11)14-10-4-7-12-8-5-10/h10-14H,1-9H2. The van der Waals surface area contributed by atoms with Crippen LogP contribution in [-0.2, 0) is 10.0 Å². The molecule has 0 aromatic heterocycles. The van der Waals surface area contributed by atoms with E-state index in [0.29, 0.717) is 0 Å². The van der Waals surface area contributed by atoms with Crippen molar-refractivity contribution < 1.29 is 8.42 Å². The molecule has 0 spiro atoms. The van der Waals surface area contributed by atoms with Crippen molar-refractivity contribution in [3.63, 3.8) is 0 Å². The summed E-state index contributed by atoms with van der Waals surface area (Å²) in [6, 6.07) is 0.271. The van der Waals surface area contributed by atoms with E-state index in [-0.39, 0.29) is 17.8 Å². The van der Waals surface area contributed by atoms with E-state index < -0.39 is 10.0 Å². The molecule has 0 amide bonds. The van der Waals surface area contributed by atoms with Gasteiger partial charge in [-0.25, -0.2) is 13.1 Å². The lowest BCUT2D eigenvalue weighted by atomic mass is 10.1. The molecule has 5 nitrogen and oxygen atoms in total. The van der Waals surface area contributed by atoms with Crippen LogP contribution in [0.1, 0.15) is 32.1 Å². The summed E-state index contributed by atoms with van der Waals surface area (Å²) < 4.78 is 26.8. The Kier molecular flexibility index (Phi) is 4.78. The Morgan fingerprint density at radius 1 is 1.06 bits per heavy atom. The minimum Gasteiger partial charge on any atom is -0.317 e. The maximum atomic E-state index is 12.0. The normalized spacial score (nSPS) is 28.1. The molecule has 0 radical (unpaired) electrons. The van der Waals surface area contributed by atoms with Crippen molar-refractivity contribution in [1.82, 2.24) is 15.4 Å². The van der Waals surface area contributed by atoms with E-state index in [4.69, 9.17) is 0 Å². The summed E-state index contributed by atoms with van der Waals surface area (Å²) in [6.45, 7) is 2.78. The van der Waals surface area contributed by atoms with Crippen molar-refractivity contribution >= 4 is 10.0 Å². The average molecular weight is 261 g/mol.